The molecular weight excluding hydrogens is 266 g/mol. The van der Waals surface area contributed by atoms with Crippen LogP contribution >= 0.6 is 0 Å². The van der Waals surface area contributed by atoms with Gasteiger partial charge in [-0.05, 0) is 12.1 Å². The molecule has 0 aromatic carbocycles. The summed E-state index contributed by atoms with van der Waals surface area (Å²) in [6.45, 7) is 2.46. The van der Waals surface area contributed by atoms with Gasteiger partial charge in [-0.3, -0.25) is 45.9 Å². The van der Waals surface area contributed by atoms with Crippen LogP contribution in [0.5, 0.6) is 0 Å². The van der Waals surface area contributed by atoms with Crippen LogP contribution in [0.2, 0.25) is 0 Å². The fourth-order valence-electron chi connectivity index (χ4n) is 1.12. The van der Waals surface area contributed by atoms with Crippen molar-refractivity contribution in [1.82, 2.24) is 26.7 Å². The Bertz CT molecular complexity index is 512. The average Bonchev–Trinajstić information content (AvgIpc) is 2.42. The molecule has 0 aliphatic rings. The van der Waals surface area contributed by atoms with E-state index >= 15 is 0 Å². The monoisotopic (exact) mass is 279 g/mol. The minimum absolute atomic E-state index is 0.0609. The maximum absolute atomic E-state index is 11.6. The van der Waals surface area contributed by atoms with Gasteiger partial charge < -0.3 is 0 Å². The molecule has 0 unspecified atom stereocenters. The summed E-state index contributed by atoms with van der Waals surface area (Å²) in [5.74, 6) is -2.15. The van der Waals surface area contributed by atoms with Gasteiger partial charge >= 0.3 is 0 Å². The lowest BCUT2D eigenvalue weighted by Gasteiger charge is -2.07. The Kier molecular flexibility index (Phi) is 5.15. The second kappa shape index (κ2) is 6.83. The van der Waals surface area contributed by atoms with Crippen molar-refractivity contribution < 1.29 is 19.2 Å². The van der Waals surface area contributed by atoms with E-state index in [1.54, 1.807) is 0 Å². The van der Waals surface area contributed by atoms with Gasteiger partial charge in [0, 0.05) is 25.6 Å². The number of nitrogens with zero attached hydrogens (tertiary/aromatic N) is 1. The van der Waals surface area contributed by atoms with E-state index in [9.17, 15) is 19.2 Å². The number of rotatable bonds is 2. The van der Waals surface area contributed by atoms with E-state index in [1.165, 1.54) is 32.2 Å². The molecule has 0 saturated carbocycles. The number of amides is 4. The lowest BCUT2D eigenvalue weighted by atomic mass is 10.2. The Hall–Kier alpha value is -2.97. The minimum atomic E-state index is -0.672. The normalized spacial score (nSPS) is 9.30. The Labute approximate surface area is 114 Å². The summed E-state index contributed by atoms with van der Waals surface area (Å²) in [4.78, 5) is 48.3. The van der Waals surface area contributed by atoms with Gasteiger partial charge in [-0.1, -0.05) is 0 Å². The number of hydrazine groups is 2. The predicted molar refractivity (Wildman–Crippen MR) is 66.8 cm³/mol. The summed E-state index contributed by atoms with van der Waals surface area (Å²) < 4.78 is 0. The molecule has 106 valence electrons. The molecule has 4 amide bonds. The van der Waals surface area contributed by atoms with Crippen LogP contribution < -0.4 is 21.7 Å². The second-order valence-corrected chi connectivity index (χ2v) is 3.70. The first-order chi connectivity index (χ1) is 9.40. The maximum atomic E-state index is 11.6. The number of hydrogen-bond acceptors (Lipinski definition) is 5. The zero-order valence-electron chi connectivity index (χ0n) is 10.8. The van der Waals surface area contributed by atoms with Gasteiger partial charge in [0.2, 0.25) is 11.8 Å². The summed E-state index contributed by atoms with van der Waals surface area (Å²) in [5.41, 5.74) is 8.54. The first kappa shape index (κ1) is 15.1. The Morgan fingerprint density at radius 2 is 1.45 bits per heavy atom. The third-order valence-corrected chi connectivity index (χ3v) is 1.96. The molecule has 1 aromatic rings. The first-order valence-electron chi connectivity index (χ1n) is 5.50. The third kappa shape index (κ3) is 4.72. The first-order valence-corrected chi connectivity index (χ1v) is 5.50. The van der Waals surface area contributed by atoms with Gasteiger partial charge in [0.05, 0.1) is 0 Å². The van der Waals surface area contributed by atoms with Crippen molar-refractivity contribution in [2.45, 2.75) is 13.8 Å². The topological polar surface area (TPSA) is 129 Å². The summed E-state index contributed by atoms with van der Waals surface area (Å²) in [5, 5.41) is 0. The van der Waals surface area contributed by atoms with E-state index < -0.39 is 23.6 Å². The van der Waals surface area contributed by atoms with Crippen molar-refractivity contribution in [3.63, 3.8) is 0 Å². The molecule has 0 fully saturated rings. The lowest BCUT2D eigenvalue weighted by molar-refractivity contribution is -0.120. The highest BCUT2D eigenvalue weighted by atomic mass is 16.2. The number of hydrogen-bond donors (Lipinski definition) is 4. The molecule has 9 heteroatoms. The van der Waals surface area contributed by atoms with Crippen molar-refractivity contribution in [3.8, 4) is 0 Å². The average molecular weight is 279 g/mol. The quantitative estimate of drug-likeness (QED) is 0.497. The highest BCUT2D eigenvalue weighted by molar-refractivity contribution is 5.99. The van der Waals surface area contributed by atoms with Gasteiger partial charge in [-0.2, -0.15) is 0 Å². The van der Waals surface area contributed by atoms with Crippen molar-refractivity contribution >= 4 is 23.6 Å². The zero-order chi connectivity index (χ0) is 15.1. The van der Waals surface area contributed by atoms with Crippen LogP contribution in [0.1, 0.15) is 34.7 Å². The number of aromatic nitrogens is 1. The van der Waals surface area contributed by atoms with Crippen LogP contribution in [0, 0.1) is 0 Å². The van der Waals surface area contributed by atoms with Gasteiger partial charge in [-0.15, -0.1) is 0 Å². The molecule has 0 saturated heterocycles. The van der Waals surface area contributed by atoms with Crippen molar-refractivity contribution in [2.75, 3.05) is 0 Å². The van der Waals surface area contributed by atoms with E-state index in [4.69, 9.17) is 0 Å². The van der Waals surface area contributed by atoms with Crippen LogP contribution in [0.15, 0.2) is 18.3 Å². The van der Waals surface area contributed by atoms with Crippen LogP contribution in [-0.2, 0) is 9.59 Å². The number of carbonyl (C=O) groups excluding carboxylic acids is 4. The SMILES string of the molecule is CC(=O)NNC(=O)c1ccnc(C(=O)NNC(C)=O)c1. The highest BCUT2D eigenvalue weighted by Crippen LogP contribution is 2.01. The smallest absolute Gasteiger partial charge is 0.274 e. The Balaban J connectivity index is 2.74. The molecule has 1 rings (SSSR count). The van der Waals surface area contributed by atoms with Crippen LogP contribution in [-0.4, -0.2) is 28.6 Å². The van der Waals surface area contributed by atoms with E-state index in [-0.39, 0.29) is 11.3 Å². The maximum Gasteiger partial charge on any atom is 0.288 e. The summed E-state index contributed by atoms with van der Waals surface area (Å²) in [6, 6.07) is 2.58. The van der Waals surface area contributed by atoms with Gasteiger partial charge in [0.15, 0.2) is 0 Å². The van der Waals surface area contributed by atoms with Crippen LogP contribution in [0.3, 0.4) is 0 Å². The molecule has 20 heavy (non-hydrogen) atoms. The zero-order valence-corrected chi connectivity index (χ0v) is 10.8. The molecule has 9 nitrogen and oxygen atoms in total. The molecule has 1 heterocycles. The van der Waals surface area contributed by atoms with Crippen molar-refractivity contribution in [1.29, 1.82) is 0 Å². The fraction of sp³-hybridized carbons (Fsp3) is 0.182. The number of pyridine rings is 1. The number of nitrogens with one attached hydrogen (secondary N) is 4. The third-order valence-electron chi connectivity index (χ3n) is 1.96. The predicted octanol–water partition coefficient (Wildman–Crippen LogP) is -1.36. The summed E-state index contributed by atoms with van der Waals surface area (Å²) in [6.07, 6.45) is 1.26. The largest absolute Gasteiger partial charge is 0.288 e. The Morgan fingerprint density at radius 1 is 0.900 bits per heavy atom. The van der Waals surface area contributed by atoms with Gasteiger partial charge in [0.1, 0.15) is 5.69 Å². The Morgan fingerprint density at radius 3 is 2.00 bits per heavy atom. The minimum Gasteiger partial charge on any atom is -0.274 e. The van der Waals surface area contributed by atoms with Crippen molar-refractivity contribution in [3.05, 3.63) is 29.6 Å². The molecule has 1 aromatic heterocycles. The van der Waals surface area contributed by atoms with E-state index in [0.717, 1.165) is 0 Å². The molecule has 0 bridgehead atoms. The fourth-order valence-corrected chi connectivity index (χ4v) is 1.12. The van der Waals surface area contributed by atoms with Gasteiger partial charge in [0.25, 0.3) is 11.8 Å². The van der Waals surface area contributed by atoms with E-state index in [2.05, 4.69) is 26.7 Å². The molecule has 4 N–H and O–H groups in total. The standard InChI is InChI=1S/C11H13N5O4/c1-6(17)13-15-10(19)8-3-4-12-9(5-8)11(20)16-14-7(2)18/h3-5H,1-2H3,(H,13,17)(H,14,18)(H,15,19)(H,16,20). The van der Waals surface area contributed by atoms with Gasteiger partial charge in [-0.25, -0.2) is 0 Å². The molecular formula is C11H13N5O4. The summed E-state index contributed by atoms with van der Waals surface area (Å²) in [7, 11) is 0. The van der Waals surface area contributed by atoms with Crippen LogP contribution in [0.4, 0.5) is 0 Å². The molecule has 0 atom stereocenters. The molecule has 0 aliphatic heterocycles. The highest BCUT2D eigenvalue weighted by Gasteiger charge is 2.12. The summed E-state index contributed by atoms with van der Waals surface area (Å²) >= 11 is 0. The lowest BCUT2D eigenvalue weighted by Crippen LogP contribution is -2.41. The molecule has 0 aliphatic carbocycles. The van der Waals surface area contributed by atoms with E-state index in [0.29, 0.717) is 0 Å². The van der Waals surface area contributed by atoms with Crippen molar-refractivity contribution in [2.24, 2.45) is 0 Å². The van der Waals surface area contributed by atoms with Crippen LogP contribution in [0.25, 0.3) is 0 Å². The molecule has 0 radical (unpaired) electrons. The number of carbonyl (C=O) groups is 4. The second-order valence-electron chi connectivity index (χ2n) is 3.70. The van der Waals surface area contributed by atoms with E-state index in [1.807, 2.05) is 0 Å². The molecule has 0 spiro atoms.